The second kappa shape index (κ2) is 6.84. The van der Waals surface area contributed by atoms with E-state index in [1.807, 2.05) is 17.0 Å². The molecule has 0 radical (unpaired) electrons. The third-order valence-electron chi connectivity index (χ3n) is 5.35. The van der Waals surface area contributed by atoms with Crippen molar-refractivity contribution in [3.63, 3.8) is 0 Å². The summed E-state index contributed by atoms with van der Waals surface area (Å²) in [5.74, 6) is -0.267. The van der Waals surface area contributed by atoms with E-state index in [-0.39, 0.29) is 24.0 Å². The molecule has 4 nitrogen and oxygen atoms in total. The number of benzene rings is 2. The lowest BCUT2D eigenvalue weighted by atomic mass is 9.88. The predicted octanol–water partition coefficient (Wildman–Crippen LogP) is 2.56. The Balaban J connectivity index is 1.66. The molecule has 5 heteroatoms. The zero-order valence-corrected chi connectivity index (χ0v) is 14.0. The van der Waals surface area contributed by atoms with Crippen LogP contribution < -0.4 is 5.73 Å². The lowest BCUT2D eigenvalue weighted by Crippen LogP contribution is -2.52. The Hall–Kier alpha value is -1.79. The summed E-state index contributed by atoms with van der Waals surface area (Å²) in [6, 6.07) is 14.5. The minimum atomic E-state index is -1.03. The Morgan fingerprint density at radius 3 is 2.56 bits per heavy atom. The summed E-state index contributed by atoms with van der Waals surface area (Å²) >= 11 is 0. The first-order valence-electron chi connectivity index (χ1n) is 8.81. The van der Waals surface area contributed by atoms with Crippen LogP contribution in [0.25, 0.3) is 0 Å². The fraction of sp³-hybridized carbons (Fsp3) is 0.400. The van der Waals surface area contributed by atoms with Crippen molar-refractivity contribution in [3.05, 3.63) is 71.0 Å². The molecule has 1 fully saturated rings. The third-order valence-corrected chi connectivity index (χ3v) is 5.35. The molecule has 0 bridgehead atoms. The van der Waals surface area contributed by atoms with Gasteiger partial charge in [-0.3, -0.25) is 0 Å². The topological polar surface area (TPSA) is 58.7 Å². The van der Waals surface area contributed by atoms with Gasteiger partial charge in [0.2, 0.25) is 6.41 Å². The molecule has 1 heterocycles. The number of nitrogens with zero attached hydrogens (tertiary/aromatic N) is 1. The molecular formula is C20H23FN2O2. The number of aliphatic hydroxyl groups excluding tert-OH is 1. The quantitative estimate of drug-likeness (QED) is 0.839. The molecule has 0 saturated heterocycles. The van der Waals surface area contributed by atoms with Crippen molar-refractivity contribution in [2.45, 2.75) is 43.9 Å². The molecule has 2 aromatic carbocycles. The highest BCUT2D eigenvalue weighted by Crippen LogP contribution is 2.37. The van der Waals surface area contributed by atoms with E-state index < -0.39 is 6.41 Å². The fourth-order valence-corrected chi connectivity index (χ4v) is 3.74. The van der Waals surface area contributed by atoms with E-state index in [1.54, 1.807) is 12.1 Å². The van der Waals surface area contributed by atoms with E-state index in [0.717, 1.165) is 30.4 Å². The zero-order chi connectivity index (χ0) is 17.4. The Morgan fingerprint density at radius 2 is 1.88 bits per heavy atom. The Morgan fingerprint density at radius 1 is 1.12 bits per heavy atom. The molecule has 4 atom stereocenters. The van der Waals surface area contributed by atoms with Crippen molar-refractivity contribution in [3.8, 4) is 0 Å². The molecule has 25 heavy (non-hydrogen) atoms. The van der Waals surface area contributed by atoms with Crippen LogP contribution in [0.5, 0.6) is 0 Å². The first-order chi connectivity index (χ1) is 12.1. The Kier molecular flexibility index (Phi) is 4.56. The highest BCUT2D eigenvalue weighted by Gasteiger charge is 2.37. The summed E-state index contributed by atoms with van der Waals surface area (Å²) in [4.78, 5) is 1.93. The summed E-state index contributed by atoms with van der Waals surface area (Å²) in [7, 11) is 0. The molecule has 0 aromatic heterocycles. The van der Waals surface area contributed by atoms with Crippen molar-refractivity contribution in [2.24, 2.45) is 5.73 Å². The van der Waals surface area contributed by atoms with Gasteiger partial charge in [-0.1, -0.05) is 36.4 Å². The Bertz CT molecular complexity index is 737. The summed E-state index contributed by atoms with van der Waals surface area (Å²) in [5, 5.41) is 10.7. The van der Waals surface area contributed by atoms with Crippen LogP contribution in [0.4, 0.5) is 4.39 Å². The molecule has 3 N–H and O–H groups in total. The van der Waals surface area contributed by atoms with Gasteiger partial charge in [0.15, 0.2) is 0 Å². The van der Waals surface area contributed by atoms with E-state index in [0.29, 0.717) is 6.54 Å². The van der Waals surface area contributed by atoms with Gasteiger partial charge < -0.3 is 15.6 Å². The molecule has 1 saturated carbocycles. The number of hydrogen-bond donors (Lipinski definition) is 2. The van der Waals surface area contributed by atoms with Crippen LogP contribution in [-0.2, 0) is 11.2 Å². The van der Waals surface area contributed by atoms with Crippen LogP contribution in [-0.4, -0.2) is 35.1 Å². The van der Waals surface area contributed by atoms with Crippen LogP contribution in [0.15, 0.2) is 48.5 Å². The van der Waals surface area contributed by atoms with Gasteiger partial charge >= 0.3 is 0 Å². The summed E-state index contributed by atoms with van der Waals surface area (Å²) in [6.45, 7) is 0.669. The standard InChI is InChI=1S/C20H23FN2O2/c21-15-7-5-14(6-8-15)19-16-4-2-1-3-13(16)11-12-23(19)20(24)25-18-10-9-17(18)22/h1-8,17-20,24H,9-12,22H2/t17-,18-,19-,20?/m0/s1. The molecule has 0 spiro atoms. The van der Waals surface area contributed by atoms with E-state index in [1.165, 1.54) is 17.7 Å². The monoisotopic (exact) mass is 342 g/mol. The van der Waals surface area contributed by atoms with Gasteiger partial charge in [0.05, 0.1) is 12.1 Å². The number of rotatable bonds is 4. The fourth-order valence-electron chi connectivity index (χ4n) is 3.74. The largest absolute Gasteiger partial charge is 0.356 e. The molecule has 2 aromatic rings. The molecule has 4 rings (SSSR count). The molecule has 2 aliphatic rings. The van der Waals surface area contributed by atoms with E-state index >= 15 is 0 Å². The number of halogens is 1. The zero-order valence-electron chi connectivity index (χ0n) is 14.0. The van der Waals surface area contributed by atoms with Gasteiger partial charge in [-0.2, -0.15) is 0 Å². The minimum absolute atomic E-state index is 0.00371. The normalized spacial score (nSPS) is 27.4. The first kappa shape index (κ1) is 16.7. The minimum Gasteiger partial charge on any atom is -0.356 e. The van der Waals surface area contributed by atoms with Gasteiger partial charge in [0.1, 0.15) is 5.82 Å². The molecule has 1 unspecified atom stereocenters. The van der Waals surface area contributed by atoms with Gasteiger partial charge in [-0.25, -0.2) is 9.29 Å². The van der Waals surface area contributed by atoms with Gasteiger partial charge in [0, 0.05) is 12.6 Å². The van der Waals surface area contributed by atoms with Crippen molar-refractivity contribution in [2.75, 3.05) is 6.54 Å². The van der Waals surface area contributed by atoms with Crippen LogP contribution in [0.1, 0.15) is 35.6 Å². The third kappa shape index (κ3) is 3.20. The van der Waals surface area contributed by atoms with Gasteiger partial charge in [0.25, 0.3) is 0 Å². The number of hydrogen-bond acceptors (Lipinski definition) is 4. The van der Waals surface area contributed by atoms with E-state index in [9.17, 15) is 9.50 Å². The highest BCUT2D eigenvalue weighted by molar-refractivity contribution is 5.39. The summed E-state index contributed by atoms with van der Waals surface area (Å²) in [5.41, 5.74) is 9.26. The SMILES string of the molecule is N[C@H]1CC[C@@H]1OC(O)N1CCc2ccccc2[C@@H]1c1ccc(F)cc1. The maximum Gasteiger partial charge on any atom is 0.217 e. The lowest BCUT2D eigenvalue weighted by Gasteiger charge is -2.43. The molecule has 1 aliphatic heterocycles. The van der Waals surface area contributed by atoms with Crippen molar-refractivity contribution < 1.29 is 14.2 Å². The highest BCUT2D eigenvalue weighted by atomic mass is 19.1. The van der Waals surface area contributed by atoms with Crippen molar-refractivity contribution >= 4 is 0 Å². The maximum atomic E-state index is 13.4. The van der Waals surface area contributed by atoms with Crippen LogP contribution in [0.3, 0.4) is 0 Å². The number of nitrogens with two attached hydrogens (primary N) is 1. The average Bonchev–Trinajstić information content (AvgIpc) is 2.64. The number of aliphatic hydroxyl groups is 1. The lowest BCUT2D eigenvalue weighted by molar-refractivity contribution is -0.242. The van der Waals surface area contributed by atoms with Crippen molar-refractivity contribution in [1.82, 2.24) is 4.90 Å². The molecule has 132 valence electrons. The first-order valence-corrected chi connectivity index (χ1v) is 8.81. The van der Waals surface area contributed by atoms with Crippen molar-refractivity contribution in [1.29, 1.82) is 0 Å². The summed E-state index contributed by atoms with van der Waals surface area (Å²) < 4.78 is 19.2. The Labute approximate surface area is 147 Å². The maximum absolute atomic E-state index is 13.4. The smallest absolute Gasteiger partial charge is 0.217 e. The van der Waals surface area contributed by atoms with E-state index in [2.05, 4.69) is 12.1 Å². The molecular weight excluding hydrogens is 319 g/mol. The summed E-state index contributed by atoms with van der Waals surface area (Å²) in [6.07, 6.45) is 1.53. The van der Waals surface area contributed by atoms with Crippen LogP contribution in [0.2, 0.25) is 0 Å². The average molecular weight is 342 g/mol. The number of ether oxygens (including phenoxy) is 1. The van der Waals surface area contributed by atoms with Gasteiger partial charge in [-0.15, -0.1) is 0 Å². The second-order valence-electron chi connectivity index (χ2n) is 6.88. The van der Waals surface area contributed by atoms with Crippen LogP contribution in [0, 0.1) is 5.82 Å². The second-order valence-corrected chi connectivity index (χ2v) is 6.88. The molecule has 1 aliphatic carbocycles. The number of fused-ring (bicyclic) bond motifs is 1. The predicted molar refractivity (Wildman–Crippen MR) is 93.2 cm³/mol. The van der Waals surface area contributed by atoms with Crippen LogP contribution >= 0.6 is 0 Å². The molecule has 0 amide bonds. The van der Waals surface area contributed by atoms with Gasteiger partial charge in [-0.05, 0) is 48.1 Å². The van der Waals surface area contributed by atoms with E-state index in [4.69, 9.17) is 10.5 Å².